The van der Waals surface area contributed by atoms with Crippen LogP contribution in [0.4, 0.5) is 0 Å². The number of nitrogens with zero attached hydrogens (tertiary/aromatic N) is 1. The van der Waals surface area contributed by atoms with Gasteiger partial charge in [-0.3, -0.25) is 0 Å². The van der Waals surface area contributed by atoms with Crippen LogP contribution < -0.4 is 9.47 Å². The lowest BCUT2D eigenvalue weighted by Gasteiger charge is -2.14. The third kappa shape index (κ3) is 3.38. The van der Waals surface area contributed by atoms with Crippen LogP contribution in [0.25, 0.3) is 0 Å². The zero-order valence-electron chi connectivity index (χ0n) is 9.64. The summed E-state index contributed by atoms with van der Waals surface area (Å²) >= 11 is 0. The topological polar surface area (TPSA) is 79.5 Å². The molecule has 0 aliphatic rings. The van der Waals surface area contributed by atoms with Gasteiger partial charge in [0, 0.05) is 6.07 Å². The second-order valence-electron chi connectivity index (χ2n) is 3.30. The number of rotatable bonds is 5. The lowest BCUT2D eigenvalue weighted by Crippen LogP contribution is -2.23. The van der Waals surface area contributed by atoms with Crippen LogP contribution in [0.15, 0.2) is 18.2 Å². The summed E-state index contributed by atoms with van der Waals surface area (Å²) in [7, 11) is 0. The minimum atomic E-state index is -1.06. The van der Waals surface area contributed by atoms with E-state index in [9.17, 15) is 4.79 Å². The molecule has 1 atom stereocenters. The van der Waals surface area contributed by atoms with Gasteiger partial charge in [0.25, 0.3) is 0 Å². The van der Waals surface area contributed by atoms with Crippen molar-refractivity contribution < 1.29 is 19.4 Å². The van der Waals surface area contributed by atoms with Gasteiger partial charge in [-0.25, -0.2) is 4.79 Å². The van der Waals surface area contributed by atoms with E-state index >= 15 is 0 Å². The summed E-state index contributed by atoms with van der Waals surface area (Å²) in [5.74, 6) is -0.364. The molecule has 0 radical (unpaired) electrons. The minimum Gasteiger partial charge on any atom is -0.490 e. The first-order valence-electron chi connectivity index (χ1n) is 5.15. The van der Waals surface area contributed by atoms with E-state index in [1.807, 2.05) is 6.07 Å². The number of hydrogen-bond donors (Lipinski definition) is 1. The molecule has 1 aromatic rings. The monoisotopic (exact) mass is 235 g/mol. The average molecular weight is 235 g/mol. The minimum absolute atomic E-state index is 0.320. The Bertz CT molecular complexity index is 450. The van der Waals surface area contributed by atoms with E-state index in [1.54, 1.807) is 13.0 Å². The second kappa shape index (κ2) is 5.75. The lowest BCUT2D eigenvalue weighted by atomic mass is 10.2. The number of benzene rings is 1. The molecule has 0 unspecified atom stereocenters. The summed E-state index contributed by atoms with van der Waals surface area (Å²) in [6.45, 7) is 3.63. The molecule has 5 heteroatoms. The van der Waals surface area contributed by atoms with Crippen LogP contribution in [-0.4, -0.2) is 23.8 Å². The number of carboxylic acids is 1. The third-order valence-electron chi connectivity index (χ3n) is 2.02. The predicted octanol–water partition coefficient (Wildman–Crippen LogP) is 1.81. The van der Waals surface area contributed by atoms with Crippen LogP contribution in [-0.2, 0) is 4.79 Å². The molecule has 1 aromatic carbocycles. The molecule has 90 valence electrons. The van der Waals surface area contributed by atoms with Crippen molar-refractivity contribution >= 4 is 5.97 Å². The molecule has 0 saturated heterocycles. The standard InChI is InChI=1S/C12H13NO4/c1-3-16-11-6-9(7-13)4-5-10(11)17-8(2)12(14)15/h4-6,8H,3H2,1-2H3,(H,14,15)/t8-/m0/s1. The van der Waals surface area contributed by atoms with Crippen molar-refractivity contribution in [3.63, 3.8) is 0 Å². The number of aliphatic carboxylic acids is 1. The maximum Gasteiger partial charge on any atom is 0.344 e. The molecule has 5 nitrogen and oxygen atoms in total. The van der Waals surface area contributed by atoms with E-state index in [0.717, 1.165) is 0 Å². The first-order chi connectivity index (χ1) is 8.08. The van der Waals surface area contributed by atoms with Gasteiger partial charge in [0.1, 0.15) is 0 Å². The number of nitriles is 1. The highest BCUT2D eigenvalue weighted by Crippen LogP contribution is 2.29. The van der Waals surface area contributed by atoms with Crippen molar-refractivity contribution in [3.8, 4) is 17.6 Å². The molecule has 0 bridgehead atoms. The van der Waals surface area contributed by atoms with E-state index in [2.05, 4.69) is 0 Å². The molecule has 0 aliphatic carbocycles. The highest BCUT2D eigenvalue weighted by molar-refractivity contribution is 5.72. The van der Waals surface area contributed by atoms with E-state index in [4.69, 9.17) is 19.8 Å². The maximum absolute atomic E-state index is 10.7. The van der Waals surface area contributed by atoms with Crippen molar-refractivity contribution in [2.75, 3.05) is 6.61 Å². The van der Waals surface area contributed by atoms with Gasteiger partial charge in [-0.1, -0.05) is 0 Å². The molecule has 0 amide bonds. The first-order valence-corrected chi connectivity index (χ1v) is 5.15. The molecular weight excluding hydrogens is 222 g/mol. The molecule has 1 N–H and O–H groups in total. The molecule has 0 saturated carbocycles. The first kappa shape index (κ1) is 12.8. The van der Waals surface area contributed by atoms with E-state index < -0.39 is 12.1 Å². The summed E-state index contributed by atoms with van der Waals surface area (Å²) in [5, 5.41) is 17.5. The van der Waals surface area contributed by atoms with Crippen LogP contribution in [0.1, 0.15) is 19.4 Å². The van der Waals surface area contributed by atoms with Gasteiger partial charge in [0.15, 0.2) is 17.6 Å². The molecule has 17 heavy (non-hydrogen) atoms. The van der Waals surface area contributed by atoms with Crippen LogP contribution >= 0.6 is 0 Å². The van der Waals surface area contributed by atoms with Crippen LogP contribution in [0.3, 0.4) is 0 Å². The van der Waals surface area contributed by atoms with Gasteiger partial charge in [-0.05, 0) is 26.0 Å². The van der Waals surface area contributed by atoms with Crippen molar-refractivity contribution in [3.05, 3.63) is 23.8 Å². The SMILES string of the molecule is CCOc1cc(C#N)ccc1O[C@@H](C)C(=O)O. The summed E-state index contributed by atoms with van der Waals surface area (Å²) in [4.78, 5) is 10.7. The summed E-state index contributed by atoms with van der Waals surface area (Å²) in [5.41, 5.74) is 0.434. The Morgan fingerprint density at radius 2 is 2.24 bits per heavy atom. The Kier molecular flexibility index (Phi) is 4.35. The Balaban J connectivity index is 2.98. The zero-order chi connectivity index (χ0) is 12.8. The molecular formula is C12H13NO4. The summed E-state index contributed by atoms with van der Waals surface area (Å²) in [6.07, 6.45) is -0.970. The zero-order valence-corrected chi connectivity index (χ0v) is 9.64. The van der Waals surface area contributed by atoms with Gasteiger partial charge < -0.3 is 14.6 Å². The fourth-order valence-electron chi connectivity index (χ4n) is 1.18. The van der Waals surface area contributed by atoms with Crippen molar-refractivity contribution in [2.45, 2.75) is 20.0 Å². The number of carboxylic acid groups (broad SMARTS) is 1. The Labute approximate surface area is 99.2 Å². The Hall–Kier alpha value is -2.22. The maximum atomic E-state index is 10.7. The largest absolute Gasteiger partial charge is 0.490 e. The van der Waals surface area contributed by atoms with Crippen molar-refractivity contribution in [1.29, 1.82) is 5.26 Å². The molecule has 0 spiro atoms. The Morgan fingerprint density at radius 1 is 1.53 bits per heavy atom. The van der Waals surface area contributed by atoms with E-state index in [0.29, 0.717) is 23.7 Å². The number of ether oxygens (including phenoxy) is 2. The van der Waals surface area contributed by atoms with Gasteiger partial charge in [0.2, 0.25) is 0 Å². The third-order valence-corrected chi connectivity index (χ3v) is 2.02. The van der Waals surface area contributed by atoms with E-state index in [1.165, 1.54) is 19.1 Å². The molecule has 1 rings (SSSR count). The summed E-state index contributed by atoms with van der Waals surface area (Å²) < 4.78 is 10.5. The lowest BCUT2D eigenvalue weighted by molar-refractivity contribution is -0.144. The van der Waals surface area contributed by atoms with Gasteiger partial charge in [0.05, 0.1) is 18.2 Å². The number of carbonyl (C=O) groups is 1. The highest BCUT2D eigenvalue weighted by atomic mass is 16.5. The second-order valence-corrected chi connectivity index (χ2v) is 3.30. The average Bonchev–Trinajstić information content (AvgIpc) is 2.31. The van der Waals surface area contributed by atoms with Gasteiger partial charge in [-0.15, -0.1) is 0 Å². The molecule has 0 heterocycles. The van der Waals surface area contributed by atoms with Crippen molar-refractivity contribution in [2.24, 2.45) is 0 Å². The fraction of sp³-hybridized carbons (Fsp3) is 0.333. The van der Waals surface area contributed by atoms with Crippen LogP contribution in [0.5, 0.6) is 11.5 Å². The normalized spacial score (nSPS) is 11.4. The van der Waals surface area contributed by atoms with Crippen molar-refractivity contribution in [1.82, 2.24) is 0 Å². The highest BCUT2D eigenvalue weighted by Gasteiger charge is 2.15. The van der Waals surface area contributed by atoms with Crippen LogP contribution in [0, 0.1) is 11.3 Å². The quantitative estimate of drug-likeness (QED) is 0.841. The smallest absolute Gasteiger partial charge is 0.344 e. The number of hydrogen-bond acceptors (Lipinski definition) is 4. The molecule has 0 fully saturated rings. The van der Waals surface area contributed by atoms with Gasteiger partial charge >= 0.3 is 5.97 Å². The predicted molar refractivity (Wildman–Crippen MR) is 60.1 cm³/mol. The van der Waals surface area contributed by atoms with Crippen LogP contribution in [0.2, 0.25) is 0 Å². The molecule has 0 aromatic heterocycles. The van der Waals surface area contributed by atoms with E-state index in [-0.39, 0.29) is 0 Å². The summed E-state index contributed by atoms with van der Waals surface area (Å²) in [6, 6.07) is 6.58. The fourth-order valence-corrected chi connectivity index (χ4v) is 1.18. The Morgan fingerprint density at radius 3 is 2.76 bits per heavy atom. The molecule has 0 aliphatic heterocycles. The van der Waals surface area contributed by atoms with Gasteiger partial charge in [-0.2, -0.15) is 5.26 Å².